The van der Waals surface area contributed by atoms with Crippen LogP contribution in [0, 0.1) is 12.3 Å². The molecule has 6 heteroatoms. The summed E-state index contributed by atoms with van der Waals surface area (Å²) in [6.07, 6.45) is 4.42. The zero-order valence-electron chi connectivity index (χ0n) is 18.1. The average molecular weight is 425 g/mol. The third-order valence-corrected chi connectivity index (χ3v) is 5.70. The van der Waals surface area contributed by atoms with Gasteiger partial charge in [-0.3, -0.25) is 4.79 Å². The minimum Gasteiger partial charge on any atom is -0.365 e. The van der Waals surface area contributed by atoms with Crippen molar-refractivity contribution in [2.24, 2.45) is 11.1 Å². The predicted molar refractivity (Wildman–Crippen MR) is 121 cm³/mol. The number of halogens is 1. The molecule has 0 spiro atoms. The summed E-state index contributed by atoms with van der Waals surface area (Å²) < 4.78 is 0. The van der Waals surface area contributed by atoms with Gasteiger partial charge in [-0.25, -0.2) is 4.98 Å². The fourth-order valence-corrected chi connectivity index (χ4v) is 3.53. The molecule has 0 aliphatic rings. The van der Waals surface area contributed by atoms with Crippen LogP contribution in [0.3, 0.4) is 0 Å². The molecule has 2 N–H and O–H groups in total. The molecule has 4 nitrogen and oxygen atoms in total. The van der Waals surface area contributed by atoms with Crippen LogP contribution in [0.5, 0.6) is 0 Å². The van der Waals surface area contributed by atoms with Gasteiger partial charge in [0.05, 0.1) is 6.20 Å². The number of hydrogen-bond acceptors (Lipinski definition) is 4. The van der Waals surface area contributed by atoms with Gasteiger partial charge in [0.2, 0.25) is 0 Å². The van der Waals surface area contributed by atoms with Crippen LogP contribution in [0.4, 0.5) is 0 Å². The Labute approximate surface area is 178 Å². The summed E-state index contributed by atoms with van der Waals surface area (Å²) in [7, 11) is 0. The quantitative estimate of drug-likeness (QED) is 0.561. The van der Waals surface area contributed by atoms with Crippen LogP contribution in [0.1, 0.15) is 76.0 Å². The van der Waals surface area contributed by atoms with Crippen molar-refractivity contribution in [3.63, 3.8) is 0 Å². The SMILES string of the molecule is CC.CCC(C)(CC)CC(C)=O.Cc1cc(Cl)cc(-c2ncc(C(N)=O)s2)c1. The summed E-state index contributed by atoms with van der Waals surface area (Å²) in [5.41, 5.74) is 7.39. The largest absolute Gasteiger partial charge is 0.365 e. The summed E-state index contributed by atoms with van der Waals surface area (Å²) in [5.74, 6) is -0.145. The number of nitrogens with zero attached hydrogens (tertiary/aromatic N) is 1. The normalized spacial score (nSPS) is 10.3. The van der Waals surface area contributed by atoms with Gasteiger partial charge >= 0.3 is 0 Å². The Morgan fingerprint density at radius 3 is 2.11 bits per heavy atom. The molecule has 1 amide bonds. The van der Waals surface area contributed by atoms with E-state index >= 15 is 0 Å². The lowest BCUT2D eigenvalue weighted by Crippen LogP contribution is -2.17. The maximum atomic E-state index is 10.9. The predicted octanol–water partition coefficient (Wildman–Crippen LogP) is 6.69. The highest BCUT2D eigenvalue weighted by Crippen LogP contribution is 2.29. The average Bonchev–Trinajstić information content (AvgIpc) is 3.13. The molecule has 0 saturated heterocycles. The number of ketones is 1. The summed E-state index contributed by atoms with van der Waals surface area (Å²) in [4.78, 5) is 26.3. The molecule has 28 heavy (non-hydrogen) atoms. The highest BCUT2D eigenvalue weighted by Gasteiger charge is 2.20. The van der Waals surface area contributed by atoms with E-state index in [0.29, 0.717) is 15.7 Å². The van der Waals surface area contributed by atoms with Gasteiger partial charge in [-0.1, -0.05) is 59.1 Å². The van der Waals surface area contributed by atoms with E-state index in [4.69, 9.17) is 17.3 Å². The van der Waals surface area contributed by atoms with Crippen molar-refractivity contribution in [1.29, 1.82) is 0 Å². The fraction of sp³-hybridized carbons (Fsp3) is 0.500. The van der Waals surface area contributed by atoms with Crippen molar-refractivity contribution in [3.8, 4) is 10.6 Å². The number of carbonyl (C=O) groups excluding carboxylic acids is 2. The van der Waals surface area contributed by atoms with Crippen LogP contribution in [0.15, 0.2) is 24.4 Å². The van der Waals surface area contributed by atoms with E-state index in [0.717, 1.165) is 35.4 Å². The first-order valence-electron chi connectivity index (χ1n) is 9.63. The zero-order valence-corrected chi connectivity index (χ0v) is 19.6. The zero-order chi connectivity index (χ0) is 21.9. The van der Waals surface area contributed by atoms with Gasteiger partial charge in [-0.2, -0.15) is 0 Å². The fourth-order valence-electron chi connectivity index (χ4n) is 2.48. The first-order chi connectivity index (χ1) is 13.1. The van der Waals surface area contributed by atoms with E-state index in [2.05, 4.69) is 25.8 Å². The van der Waals surface area contributed by atoms with Crippen LogP contribution in [0.2, 0.25) is 5.02 Å². The molecule has 2 rings (SSSR count). The van der Waals surface area contributed by atoms with Gasteiger partial charge in [0.15, 0.2) is 0 Å². The van der Waals surface area contributed by atoms with Crippen molar-refractivity contribution < 1.29 is 9.59 Å². The van der Waals surface area contributed by atoms with Gasteiger partial charge in [-0.05, 0) is 43.0 Å². The topological polar surface area (TPSA) is 73.1 Å². The molecule has 1 aromatic heterocycles. The second kappa shape index (κ2) is 12.7. The number of aryl methyl sites for hydroxylation is 1. The number of nitrogens with two attached hydrogens (primary N) is 1. The highest BCUT2D eigenvalue weighted by molar-refractivity contribution is 7.16. The Morgan fingerprint density at radius 1 is 1.18 bits per heavy atom. The Kier molecular flexibility index (Phi) is 11.9. The molecule has 0 unspecified atom stereocenters. The molecule has 1 aromatic carbocycles. The molecule has 1 heterocycles. The monoisotopic (exact) mass is 424 g/mol. The smallest absolute Gasteiger partial charge is 0.260 e. The van der Waals surface area contributed by atoms with Crippen LogP contribution in [-0.2, 0) is 4.79 Å². The van der Waals surface area contributed by atoms with Gasteiger partial charge in [-0.15, -0.1) is 11.3 Å². The first kappa shape index (κ1) is 26.3. The second-order valence-electron chi connectivity index (χ2n) is 6.81. The molecule has 156 valence electrons. The Bertz CT molecular complexity index is 747. The Morgan fingerprint density at radius 2 is 1.75 bits per heavy atom. The lowest BCUT2D eigenvalue weighted by atomic mass is 9.80. The van der Waals surface area contributed by atoms with Gasteiger partial charge in [0.25, 0.3) is 5.91 Å². The standard InChI is InChI=1S/C11H9ClN2OS.C9H18O.C2H6/c1-6-2-7(4-8(12)3-6)11-14-5-9(16-11)10(13)15;1-5-9(4,6-2)7-8(3)10;1-2/h2-5H,1H3,(H2,13,15);5-7H2,1-4H3;1-2H3. The Balaban J connectivity index is 0.000000528. The number of rotatable bonds is 6. The van der Waals surface area contributed by atoms with E-state index in [9.17, 15) is 9.59 Å². The summed E-state index contributed by atoms with van der Waals surface area (Å²) in [6.45, 7) is 14.1. The van der Waals surface area contributed by atoms with Crippen LogP contribution in [-0.4, -0.2) is 16.7 Å². The minimum absolute atomic E-state index is 0.256. The van der Waals surface area contributed by atoms with E-state index < -0.39 is 5.91 Å². The molecule has 0 radical (unpaired) electrons. The van der Waals surface area contributed by atoms with Crippen LogP contribution >= 0.6 is 22.9 Å². The number of carbonyl (C=O) groups is 2. The third kappa shape index (κ3) is 8.98. The van der Waals surface area contributed by atoms with Crippen molar-refractivity contribution >= 4 is 34.6 Å². The number of hydrogen-bond donors (Lipinski definition) is 1. The number of amides is 1. The molecule has 0 atom stereocenters. The Hall–Kier alpha value is -1.72. The lowest BCUT2D eigenvalue weighted by molar-refractivity contribution is -0.119. The van der Waals surface area contributed by atoms with Crippen LogP contribution in [0.25, 0.3) is 10.6 Å². The van der Waals surface area contributed by atoms with Crippen LogP contribution < -0.4 is 5.73 Å². The van der Waals surface area contributed by atoms with Crippen molar-refractivity contribution in [2.75, 3.05) is 0 Å². The molecule has 0 fully saturated rings. The summed E-state index contributed by atoms with van der Waals surface area (Å²) >= 11 is 7.22. The maximum Gasteiger partial charge on any atom is 0.260 e. The van der Waals surface area contributed by atoms with Gasteiger partial charge in [0.1, 0.15) is 15.7 Å². The van der Waals surface area contributed by atoms with Crippen molar-refractivity contribution in [1.82, 2.24) is 4.98 Å². The second-order valence-corrected chi connectivity index (χ2v) is 8.27. The molecule has 0 aliphatic carbocycles. The van der Waals surface area contributed by atoms with E-state index in [1.807, 2.05) is 39.0 Å². The molecular weight excluding hydrogens is 392 g/mol. The molecule has 0 bridgehead atoms. The molecule has 2 aromatic rings. The molecular formula is C22H33ClN2O2S. The number of Topliss-reactive ketones (excluding diaryl/α,β-unsaturated/α-hetero) is 1. The number of thiazole rings is 1. The molecule has 0 aliphatic heterocycles. The number of aromatic nitrogens is 1. The summed E-state index contributed by atoms with van der Waals surface area (Å²) in [5, 5.41) is 1.41. The van der Waals surface area contributed by atoms with Crippen molar-refractivity contribution in [2.45, 2.75) is 67.7 Å². The molecule has 0 saturated carbocycles. The van der Waals surface area contributed by atoms with Gasteiger partial charge < -0.3 is 10.5 Å². The number of primary amides is 1. The maximum absolute atomic E-state index is 10.9. The highest BCUT2D eigenvalue weighted by atomic mass is 35.5. The number of benzene rings is 1. The first-order valence-corrected chi connectivity index (χ1v) is 10.8. The van der Waals surface area contributed by atoms with E-state index in [1.165, 1.54) is 17.5 Å². The third-order valence-electron chi connectivity index (χ3n) is 4.42. The van der Waals surface area contributed by atoms with E-state index in [1.54, 1.807) is 6.92 Å². The lowest BCUT2D eigenvalue weighted by Gasteiger charge is -2.24. The van der Waals surface area contributed by atoms with Crippen molar-refractivity contribution in [3.05, 3.63) is 39.9 Å². The van der Waals surface area contributed by atoms with Gasteiger partial charge in [0, 0.05) is 17.0 Å². The minimum atomic E-state index is -0.456. The summed E-state index contributed by atoms with van der Waals surface area (Å²) in [6, 6.07) is 5.65. The van der Waals surface area contributed by atoms with E-state index in [-0.39, 0.29) is 5.41 Å².